The highest BCUT2D eigenvalue weighted by molar-refractivity contribution is 7.89. The zero-order valence-electron chi connectivity index (χ0n) is 10.5. The third kappa shape index (κ3) is 3.69. The summed E-state index contributed by atoms with van der Waals surface area (Å²) >= 11 is 5.74. The van der Waals surface area contributed by atoms with Crippen LogP contribution in [0.4, 0.5) is 5.69 Å². The number of hydrogen-bond acceptors (Lipinski definition) is 5. The average Bonchev–Trinajstić information content (AvgIpc) is 2.87. The Bertz CT molecular complexity index is 672. The van der Waals surface area contributed by atoms with Crippen molar-refractivity contribution in [1.29, 1.82) is 0 Å². The number of aryl methyl sites for hydroxylation is 1. The minimum Gasteiger partial charge on any atom is -0.398 e. The smallest absolute Gasteiger partial charge is 0.242 e. The molecule has 0 bridgehead atoms. The van der Waals surface area contributed by atoms with Crippen molar-refractivity contribution < 1.29 is 8.42 Å². The molecule has 0 spiro atoms. The van der Waals surface area contributed by atoms with Gasteiger partial charge in [0.15, 0.2) is 0 Å². The fourth-order valence-electron chi connectivity index (χ4n) is 1.66. The van der Waals surface area contributed by atoms with Gasteiger partial charge in [-0.05, 0) is 24.6 Å². The Balaban J connectivity index is 1.93. The number of H-pyrrole nitrogens is 1. The van der Waals surface area contributed by atoms with Crippen molar-refractivity contribution in [3.8, 4) is 0 Å². The third-order valence-corrected chi connectivity index (χ3v) is 4.38. The van der Waals surface area contributed by atoms with Crippen LogP contribution in [0.25, 0.3) is 0 Å². The summed E-state index contributed by atoms with van der Waals surface area (Å²) < 4.78 is 26.6. The molecular weight excluding hydrogens is 302 g/mol. The molecule has 0 unspecified atom stereocenters. The summed E-state index contributed by atoms with van der Waals surface area (Å²) in [6.07, 6.45) is 2.62. The second kappa shape index (κ2) is 6.21. The number of anilines is 1. The zero-order valence-corrected chi connectivity index (χ0v) is 12.1. The first kappa shape index (κ1) is 14.8. The number of aromatic nitrogens is 3. The van der Waals surface area contributed by atoms with Gasteiger partial charge in [0.05, 0.1) is 5.69 Å². The summed E-state index contributed by atoms with van der Waals surface area (Å²) in [5, 5.41) is 6.82. The normalized spacial score (nSPS) is 11.7. The van der Waals surface area contributed by atoms with Crippen molar-refractivity contribution in [3.05, 3.63) is 35.4 Å². The fraction of sp³-hybridized carbons (Fsp3) is 0.273. The molecular formula is C11H14ClN5O2S. The molecule has 0 amide bonds. The number of halogens is 1. The van der Waals surface area contributed by atoms with Crippen molar-refractivity contribution in [2.24, 2.45) is 0 Å². The lowest BCUT2D eigenvalue weighted by Crippen LogP contribution is -2.26. The van der Waals surface area contributed by atoms with E-state index in [2.05, 4.69) is 19.9 Å². The monoisotopic (exact) mass is 315 g/mol. The molecule has 108 valence electrons. The standard InChI is InChI=1S/C11H14ClN5O2S/c12-8-3-4-10(9(13)6-8)20(18,19)16-5-1-2-11-14-7-15-17-11/h3-4,6-7,16H,1-2,5,13H2,(H,14,15,17). The molecule has 7 nitrogen and oxygen atoms in total. The predicted molar refractivity (Wildman–Crippen MR) is 75.8 cm³/mol. The van der Waals surface area contributed by atoms with Crippen molar-refractivity contribution in [2.75, 3.05) is 12.3 Å². The Morgan fingerprint density at radius 2 is 2.20 bits per heavy atom. The molecule has 0 saturated carbocycles. The van der Waals surface area contributed by atoms with Gasteiger partial charge in [-0.1, -0.05) is 11.6 Å². The maximum absolute atomic E-state index is 12.1. The summed E-state index contributed by atoms with van der Waals surface area (Å²) in [5.41, 5.74) is 5.79. The molecule has 9 heteroatoms. The topological polar surface area (TPSA) is 114 Å². The number of sulfonamides is 1. The van der Waals surface area contributed by atoms with Crippen LogP contribution < -0.4 is 10.5 Å². The second-order valence-corrected chi connectivity index (χ2v) is 6.29. The van der Waals surface area contributed by atoms with Gasteiger partial charge in [-0.25, -0.2) is 18.1 Å². The largest absolute Gasteiger partial charge is 0.398 e. The summed E-state index contributed by atoms with van der Waals surface area (Å²) in [5.74, 6) is 0.718. The molecule has 1 aromatic carbocycles. The molecule has 4 N–H and O–H groups in total. The van der Waals surface area contributed by atoms with Crippen LogP contribution in [0.1, 0.15) is 12.2 Å². The van der Waals surface area contributed by atoms with Crippen LogP contribution in [-0.2, 0) is 16.4 Å². The van der Waals surface area contributed by atoms with E-state index in [1.807, 2.05) is 0 Å². The SMILES string of the molecule is Nc1cc(Cl)ccc1S(=O)(=O)NCCCc1ncn[nH]1. The van der Waals surface area contributed by atoms with Crippen LogP contribution in [0.15, 0.2) is 29.4 Å². The van der Waals surface area contributed by atoms with Crippen LogP contribution >= 0.6 is 11.6 Å². The van der Waals surface area contributed by atoms with Gasteiger partial charge in [0.25, 0.3) is 0 Å². The summed E-state index contributed by atoms with van der Waals surface area (Å²) in [6, 6.07) is 4.28. The van der Waals surface area contributed by atoms with E-state index in [0.717, 1.165) is 5.82 Å². The second-order valence-electron chi connectivity index (χ2n) is 4.12. The highest BCUT2D eigenvalue weighted by atomic mass is 35.5. The van der Waals surface area contributed by atoms with E-state index >= 15 is 0 Å². The fourth-order valence-corrected chi connectivity index (χ4v) is 3.02. The van der Waals surface area contributed by atoms with E-state index in [9.17, 15) is 8.42 Å². The maximum Gasteiger partial charge on any atom is 0.242 e. The highest BCUT2D eigenvalue weighted by Gasteiger charge is 2.16. The minimum absolute atomic E-state index is 0.0292. The van der Waals surface area contributed by atoms with Crippen LogP contribution in [0.3, 0.4) is 0 Å². The Morgan fingerprint density at radius 3 is 2.85 bits per heavy atom. The Labute approximate surface area is 121 Å². The number of benzene rings is 1. The van der Waals surface area contributed by atoms with Crippen LogP contribution in [0, 0.1) is 0 Å². The molecule has 20 heavy (non-hydrogen) atoms. The first-order chi connectivity index (χ1) is 9.49. The van der Waals surface area contributed by atoms with Crippen molar-refractivity contribution in [3.63, 3.8) is 0 Å². The van der Waals surface area contributed by atoms with Gasteiger partial charge < -0.3 is 5.73 Å². The number of hydrogen-bond donors (Lipinski definition) is 3. The van der Waals surface area contributed by atoms with Crippen molar-refractivity contribution in [2.45, 2.75) is 17.7 Å². The average molecular weight is 316 g/mol. The molecule has 0 atom stereocenters. The first-order valence-electron chi connectivity index (χ1n) is 5.88. The van der Waals surface area contributed by atoms with E-state index < -0.39 is 10.0 Å². The number of nitrogens with two attached hydrogens (primary N) is 1. The van der Waals surface area contributed by atoms with Gasteiger partial charge in [-0.2, -0.15) is 5.10 Å². The molecule has 2 rings (SSSR count). The molecule has 0 radical (unpaired) electrons. The quantitative estimate of drug-likeness (QED) is 0.542. The van der Waals surface area contributed by atoms with Crippen LogP contribution in [0.5, 0.6) is 0 Å². The summed E-state index contributed by atoms with van der Waals surface area (Å²) in [6.45, 7) is 0.283. The van der Waals surface area contributed by atoms with Crippen molar-refractivity contribution >= 4 is 27.3 Å². The molecule has 1 aromatic heterocycles. The highest BCUT2D eigenvalue weighted by Crippen LogP contribution is 2.22. The van der Waals surface area contributed by atoms with Gasteiger partial charge in [0.1, 0.15) is 17.0 Å². The van der Waals surface area contributed by atoms with E-state index in [-0.39, 0.29) is 17.1 Å². The minimum atomic E-state index is -3.63. The van der Waals surface area contributed by atoms with E-state index in [0.29, 0.717) is 17.9 Å². The van der Waals surface area contributed by atoms with Gasteiger partial charge in [-0.3, -0.25) is 5.10 Å². The Hall–Kier alpha value is -1.64. The molecule has 2 aromatic rings. The molecule has 0 saturated heterocycles. The van der Waals surface area contributed by atoms with E-state index in [4.69, 9.17) is 17.3 Å². The van der Waals surface area contributed by atoms with Gasteiger partial charge in [0, 0.05) is 18.0 Å². The Kier molecular flexibility index (Phi) is 4.58. The maximum atomic E-state index is 12.1. The number of rotatable bonds is 6. The molecule has 0 aliphatic carbocycles. The lowest BCUT2D eigenvalue weighted by Gasteiger charge is -2.08. The van der Waals surface area contributed by atoms with Gasteiger partial charge in [0.2, 0.25) is 10.0 Å². The molecule has 1 heterocycles. The number of nitrogen functional groups attached to an aromatic ring is 1. The number of aromatic amines is 1. The predicted octanol–water partition coefficient (Wildman–Crippen LogP) is 0.951. The van der Waals surface area contributed by atoms with Gasteiger partial charge in [-0.15, -0.1) is 0 Å². The van der Waals surface area contributed by atoms with E-state index in [1.54, 1.807) is 0 Å². The zero-order chi connectivity index (χ0) is 14.6. The van der Waals surface area contributed by atoms with Gasteiger partial charge >= 0.3 is 0 Å². The van der Waals surface area contributed by atoms with E-state index in [1.165, 1.54) is 24.5 Å². The van der Waals surface area contributed by atoms with Crippen LogP contribution in [-0.4, -0.2) is 30.1 Å². The van der Waals surface area contributed by atoms with Crippen LogP contribution in [0.2, 0.25) is 5.02 Å². The molecule has 0 fully saturated rings. The number of nitrogens with zero attached hydrogens (tertiary/aromatic N) is 2. The third-order valence-electron chi connectivity index (χ3n) is 2.61. The summed E-state index contributed by atoms with van der Waals surface area (Å²) in [4.78, 5) is 3.98. The lowest BCUT2D eigenvalue weighted by molar-refractivity contribution is 0.578. The molecule has 0 aliphatic rings. The molecule has 0 aliphatic heterocycles. The van der Waals surface area contributed by atoms with Crippen molar-refractivity contribution in [1.82, 2.24) is 19.9 Å². The number of nitrogens with one attached hydrogen (secondary N) is 2. The first-order valence-corrected chi connectivity index (χ1v) is 7.74. The lowest BCUT2D eigenvalue weighted by atomic mass is 10.3. The Morgan fingerprint density at radius 1 is 1.40 bits per heavy atom. The summed E-state index contributed by atoms with van der Waals surface area (Å²) in [7, 11) is -3.63.